The van der Waals surface area contributed by atoms with Crippen LogP contribution in [0.3, 0.4) is 0 Å². The number of nitrogens with zero attached hydrogens (tertiary/aromatic N) is 2. The quantitative estimate of drug-likeness (QED) is 0.620. The summed E-state index contributed by atoms with van der Waals surface area (Å²) in [6.07, 6.45) is 4.85. The van der Waals surface area contributed by atoms with Crippen LogP contribution in [-0.4, -0.2) is 29.0 Å². The Morgan fingerprint density at radius 2 is 2.53 bits per heavy atom. The van der Waals surface area contributed by atoms with Gasteiger partial charge >= 0.3 is 5.97 Å². The third-order valence-corrected chi connectivity index (χ3v) is 3.43. The van der Waals surface area contributed by atoms with Crippen molar-refractivity contribution >= 4 is 28.6 Å². The number of aromatic nitrogens is 2. The summed E-state index contributed by atoms with van der Waals surface area (Å²) in [7, 11) is 0. The fourth-order valence-corrected chi connectivity index (χ4v) is 2.40. The van der Waals surface area contributed by atoms with Gasteiger partial charge in [-0.15, -0.1) is 0 Å². The van der Waals surface area contributed by atoms with Gasteiger partial charge < -0.3 is 9.47 Å². The Hall–Kier alpha value is -0.630. The van der Waals surface area contributed by atoms with Gasteiger partial charge in [0.1, 0.15) is 15.5 Å². The molecule has 1 saturated heterocycles. The highest BCUT2D eigenvalue weighted by Gasteiger charge is 2.21. The van der Waals surface area contributed by atoms with Crippen molar-refractivity contribution in [2.45, 2.75) is 32.4 Å². The topological polar surface area (TPSA) is 53.4 Å². The van der Waals surface area contributed by atoms with Crippen LogP contribution in [0.4, 0.5) is 0 Å². The second kappa shape index (κ2) is 5.81. The van der Waals surface area contributed by atoms with Crippen molar-refractivity contribution in [3.8, 4) is 0 Å². The van der Waals surface area contributed by atoms with Crippen molar-refractivity contribution in [1.29, 1.82) is 0 Å². The van der Waals surface area contributed by atoms with E-state index in [2.05, 4.69) is 5.10 Å². The number of halogens is 1. The summed E-state index contributed by atoms with van der Waals surface area (Å²) < 4.78 is 13.0. The Kier molecular flexibility index (Phi) is 4.38. The van der Waals surface area contributed by atoms with Crippen LogP contribution in [0.15, 0.2) is 6.20 Å². The summed E-state index contributed by atoms with van der Waals surface area (Å²) in [6, 6.07) is 0. The SMILES string of the molecule is CCOC(=O)c1cn([C@@H]2CCCCO2)nc1I. The maximum Gasteiger partial charge on any atom is 0.342 e. The van der Waals surface area contributed by atoms with Crippen LogP contribution < -0.4 is 0 Å². The Bertz CT molecular complexity index is 399. The number of ether oxygens (including phenoxy) is 2. The molecule has 1 aliphatic heterocycles. The summed E-state index contributed by atoms with van der Waals surface area (Å²) in [4.78, 5) is 11.6. The molecule has 5 nitrogen and oxygen atoms in total. The van der Waals surface area contributed by atoms with Gasteiger partial charge in [0.2, 0.25) is 0 Å². The summed E-state index contributed by atoms with van der Waals surface area (Å²) in [5.41, 5.74) is 0.515. The molecule has 94 valence electrons. The molecule has 2 rings (SSSR count). The first-order valence-corrected chi connectivity index (χ1v) is 6.83. The molecule has 1 fully saturated rings. The minimum absolute atomic E-state index is 0.0413. The van der Waals surface area contributed by atoms with Crippen molar-refractivity contribution < 1.29 is 14.3 Å². The molecule has 0 N–H and O–H groups in total. The highest BCUT2D eigenvalue weighted by molar-refractivity contribution is 14.1. The number of rotatable bonds is 3. The zero-order valence-corrected chi connectivity index (χ0v) is 11.8. The number of esters is 1. The van der Waals surface area contributed by atoms with Crippen LogP contribution in [-0.2, 0) is 9.47 Å². The van der Waals surface area contributed by atoms with E-state index in [0.29, 0.717) is 15.9 Å². The number of carbonyl (C=O) groups excluding carboxylic acids is 1. The highest BCUT2D eigenvalue weighted by atomic mass is 127. The van der Waals surface area contributed by atoms with E-state index < -0.39 is 0 Å². The van der Waals surface area contributed by atoms with Gasteiger partial charge in [0.15, 0.2) is 0 Å². The molecule has 6 heteroatoms. The summed E-state index contributed by atoms with van der Waals surface area (Å²) in [5, 5.41) is 4.32. The van der Waals surface area contributed by atoms with Crippen LogP contribution in [0.5, 0.6) is 0 Å². The molecule has 1 aliphatic rings. The Labute approximate surface area is 114 Å². The minimum Gasteiger partial charge on any atom is -0.462 e. The van der Waals surface area contributed by atoms with Crippen molar-refractivity contribution in [2.75, 3.05) is 13.2 Å². The molecule has 2 heterocycles. The normalized spacial score (nSPS) is 20.2. The Morgan fingerprint density at radius 3 is 3.18 bits per heavy atom. The van der Waals surface area contributed by atoms with Crippen LogP contribution in [0.1, 0.15) is 42.8 Å². The lowest BCUT2D eigenvalue weighted by Gasteiger charge is -2.22. The maximum absolute atomic E-state index is 11.6. The third-order valence-electron chi connectivity index (χ3n) is 2.63. The van der Waals surface area contributed by atoms with Gasteiger partial charge in [-0.3, -0.25) is 0 Å². The summed E-state index contributed by atoms with van der Waals surface area (Å²) >= 11 is 2.04. The highest BCUT2D eigenvalue weighted by Crippen LogP contribution is 2.23. The fraction of sp³-hybridized carbons (Fsp3) is 0.636. The van der Waals surface area contributed by atoms with Crippen LogP contribution in [0.2, 0.25) is 0 Å². The minimum atomic E-state index is -0.320. The molecule has 0 spiro atoms. The number of hydrogen-bond donors (Lipinski definition) is 0. The van der Waals surface area contributed by atoms with Gasteiger partial charge in [-0.05, 0) is 48.8 Å². The van der Waals surface area contributed by atoms with Crippen molar-refractivity contribution in [2.24, 2.45) is 0 Å². The lowest BCUT2D eigenvalue weighted by atomic mass is 10.2. The van der Waals surface area contributed by atoms with Gasteiger partial charge in [0.25, 0.3) is 0 Å². The first-order valence-electron chi connectivity index (χ1n) is 5.75. The van der Waals surface area contributed by atoms with Gasteiger partial charge in [-0.1, -0.05) is 0 Å². The Morgan fingerprint density at radius 1 is 1.71 bits per heavy atom. The molecule has 0 bridgehead atoms. The largest absolute Gasteiger partial charge is 0.462 e. The molecular weight excluding hydrogens is 335 g/mol. The number of hydrogen-bond acceptors (Lipinski definition) is 4. The van der Waals surface area contributed by atoms with E-state index in [0.717, 1.165) is 25.9 Å². The lowest BCUT2D eigenvalue weighted by molar-refractivity contribution is -0.0397. The van der Waals surface area contributed by atoms with Crippen LogP contribution >= 0.6 is 22.6 Å². The molecular formula is C11H15IN2O3. The first-order chi connectivity index (χ1) is 8.22. The van der Waals surface area contributed by atoms with E-state index in [1.165, 1.54) is 0 Å². The molecule has 0 unspecified atom stereocenters. The van der Waals surface area contributed by atoms with Gasteiger partial charge in [-0.2, -0.15) is 5.10 Å². The van der Waals surface area contributed by atoms with Gasteiger partial charge in [0, 0.05) is 12.8 Å². The average molecular weight is 350 g/mol. The Balaban J connectivity index is 2.14. The second-order valence-electron chi connectivity index (χ2n) is 3.86. The van der Waals surface area contributed by atoms with Crippen molar-refractivity contribution in [1.82, 2.24) is 9.78 Å². The molecule has 0 aromatic carbocycles. The van der Waals surface area contributed by atoms with E-state index in [-0.39, 0.29) is 12.2 Å². The van der Waals surface area contributed by atoms with E-state index >= 15 is 0 Å². The molecule has 0 saturated carbocycles. The lowest BCUT2D eigenvalue weighted by Crippen LogP contribution is -2.18. The van der Waals surface area contributed by atoms with E-state index in [9.17, 15) is 4.79 Å². The van der Waals surface area contributed by atoms with Crippen molar-refractivity contribution in [3.05, 3.63) is 15.5 Å². The summed E-state index contributed by atoms with van der Waals surface area (Å²) in [5.74, 6) is -0.320. The molecule has 1 aromatic heterocycles. The number of carbonyl (C=O) groups is 1. The standard InChI is InChI=1S/C11H15IN2O3/c1-2-16-11(15)8-7-14(13-10(8)12)9-5-3-4-6-17-9/h7,9H,2-6H2,1H3/t9-/m0/s1. The first kappa shape index (κ1) is 12.8. The van der Waals surface area contributed by atoms with E-state index in [4.69, 9.17) is 9.47 Å². The van der Waals surface area contributed by atoms with Gasteiger partial charge in [-0.25, -0.2) is 9.48 Å². The zero-order chi connectivity index (χ0) is 12.3. The monoisotopic (exact) mass is 350 g/mol. The second-order valence-corrected chi connectivity index (χ2v) is 4.88. The summed E-state index contributed by atoms with van der Waals surface area (Å²) in [6.45, 7) is 2.93. The third kappa shape index (κ3) is 2.98. The van der Waals surface area contributed by atoms with Crippen LogP contribution in [0.25, 0.3) is 0 Å². The van der Waals surface area contributed by atoms with Crippen LogP contribution in [0, 0.1) is 3.70 Å². The molecule has 0 aliphatic carbocycles. The smallest absolute Gasteiger partial charge is 0.342 e. The predicted molar refractivity (Wildman–Crippen MR) is 69.7 cm³/mol. The van der Waals surface area contributed by atoms with E-state index in [1.54, 1.807) is 17.8 Å². The molecule has 0 amide bonds. The zero-order valence-electron chi connectivity index (χ0n) is 9.69. The van der Waals surface area contributed by atoms with E-state index in [1.807, 2.05) is 22.6 Å². The van der Waals surface area contributed by atoms with Gasteiger partial charge in [0.05, 0.1) is 6.61 Å². The van der Waals surface area contributed by atoms with Crippen molar-refractivity contribution in [3.63, 3.8) is 0 Å². The molecule has 0 radical (unpaired) electrons. The molecule has 1 aromatic rings. The fourth-order valence-electron chi connectivity index (χ4n) is 1.80. The average Bonchev–Trinajstić information content (AvgIpc) is 2.73. The predicted octanol–water partition coefficient (Wildman–Crippen LogP) is 2.36. The maximum atomic E-state index is 11.6. The molecule has 17 heavy (non-hydrogen) atoms. The molecule has 1 atom stereocenters.